The van der Waals surface area contributed by atoms with Gasteiger partial charge in [-0.15, -0.1) is 0 Å². The first-order chi connectivity index (χ1) is 6.29. The topological polar surface area (TPSA) is 32.3 Å². The minimum Gasteiger partial charge on any atom is -0.508 e. The lowest BCUT2D eigenvalue weighted by molar-refractivity contribution is 0.465. The summed E-state index contributed by atoms with van der Waals surface area (Å²) in [5.41, 5.74) is 2.37. The Balaban J connectivity index is 2.47. The molecule has 1 aliphatic heterocycles. The van der Waals surface area contributed by atoms with E-state index in [1.807, 2.05) is 6.07 Å². The second-order valence-electron chi connectivity index (χ2n) is 3.71. The Bertz CT molecular complexity index is 309. The Labute approximate surface area is 78.6 Å². The van der Waals surface area contributed by atoms with E-state index in [0.29, 0.717) is 11.7 Å². The second-order valence-corrected chi connectivity index (χ2v) is 3.71. The summed E-state index contributed by atoms with van der Waals surface area (Å²) in [6, 6.07) is 5.81. The van der Waals surface area contributed by atoms with Gasteiger partial charge in [-0.05, 0) is 30.5 Å². The van der Waals surface area contributed by atoms with Crippen molar-refractivity contribution < 1.29 is 5.11 Å². The van der Waals surface area contributed by atoms with Crippen LogP contribution in [0.5, 0.6) is 5.75 Å². The van der Waals surface area contributed by atoms with Gasteiger partial charge in [0.25, 0.3) is 0 Å². The van der Waals surface area contributed by atoms with E-state index in [1.165, 1.54) is 5.56 Å². The molecule has 2 rings (SSSR count). The van der Waals surface area contributed by atoms with E-state index in [-0.39, 0.29) is 0 Å². The maximum atomic E-state index is 9.66. The summed E-state index contributed by atoms with van der Waals surface area (Å²) in [6.07, 6.45) is 1.15. The molecular weight excluding hydrogens is 162 g/mol. The van der Waals surface area contributed by atoms with Crippen molar-refractivity contribution in [2.45, 2.75) is 25.8 Å². The summed E-state index contributed by atoms with van der Waals surface area (Å²) in [4.78, 5) is 0. The molecule has 0 radical (unpaired) electrons. The van der Waals surface area contributed by atoms with Crippen molar-refractivity contribution in [2.75, 3.05) is 6.54 Å². The maximum absolute atomic E-state index is 9.66. The zero-order valence-electron chi connectivity index (χ0n) is 7.88. The number of aromatic hydroxyl groups is 1. The largest absolute Gasteiger partial charge is 0.508 e. The molecule has 13 heavy (non-hydrogen) atoms. The molecule has 0 saturated carbocycles. The highest BCUT2D eigenvalue weighted by Gasteiger charge is 2.16. The summed E-state index contributed by atoms with van der Waals surface area (Å²) in [7, 11) is 0. The summed E-state index contributed by atoms with van der Waals surface area (Å²) in [5, 5.41) is 13.0. The van der Waals surface area contributed by atoms with Crippen LogP contribution in [0.15, 0.2) is 18.2 Å². The van der Waals surface area contributed by atoms with Crippen molar-refractivity contribution >= 4 is 0 Å². The van der Waals surface area contributed by atoms with Gasteiger partial charge in [-0.2, -0.15) is 0 Å². The number of benzene rings is 1. The fraction of sp³-hybridized carbons (Fsp3) is 0.455. The fourth-order valence-corrected chi connectivity index (χ4v) is 1.93. The van der Waals surface area contributed by atoms with Gasteiger partial charge in [0.1, 0.15) is 5.75 Å². The third-order valence-electron chi connectivity index (χ3n) is 2.77. The highest BCUT2D eigenvalue weighted by atomic mass is 16.3. The van der Waals surface area contributed by atoms with Crippen molar-refractivity contribution in [1.82, 2.24) is 5.32 Å². The Morgan fingerprint density at radius 3 is 3.15 bits per heavy atom. The van der Waals surface area contributed by atoms with Crippen LogP contribution in [0.2, 0.25) is 0 Å². The molecule has 70 valence electrons. The summed E-state index contributed by atoms with van der Waals surface area (Å²) in [6.45, 7) is 4.05. The SMILES string of the molecule is CC1CCNCc2c(O)cccc21. The van der Waals surface area contributed by atoms with Gasteiger partial charge < -0.3 is 10.4 Å². The van der Waals surface area contributed by atoms with Gasteiger partial charge in [-0.1, -0.05) is 19.1 Å². The van der Waals surface area contributed by atoms with Gasteiger partial charge in [0.2, 0.25) is 0 Å². The molecule has 2 heteroatoms. The minimum atomic E-state index is 0.429. The standard InChI is InChI=1S/C11H15NO/c1-8-5-6-12-7-10-9(8)3-2-4-11(10)13/h2-4,8,12-13H,5-7H2,1H3. The Kier molecular flexibility index (Phi) is 2.23. The highest BCUT2D eigenvalue weighted by Crippen LogP contribution is 2.30. The van der Waals surface area contributed by atoms with Gasteiger partial charge in [-0.25, -0.2) is 0 Å². The zero-order chi connectivity index (χ0) is 9.26. The smallest absolute Gasteiger partial charge is 0.120 e. The normalized spacial score (nSPS) is 22.1. The third-order valence-corrected chi connectivity index (χ3v) is 2.77. The highest BCUT2D eigenvalue weighted by molar-refractivity contribution is 5.41. The first kappa shape index (κ1) is 8.57. The number of phenolic OH excluding ortho intramolecular Hbond substituents is 1. The average molecular weight is 177 g/mol. The van der Waals surface area contributed by atoms with Crippen molar-refractivity contribution in [3.63, 3.8) is 0 Å². The predicted molar refractivity (Wildman–Crippen MR) is 52.8 cm³/mol. The van der Waals surface area contributed by atoms with E-state index in [9.17, 15) is 5.11 Å². The van der Waals surface area contributed by atoms with Crippen molar-refractivity contribution in [3.05, 3.63) is 29.3 Å². The Morgan fingerprint density at radius 2 is 2.31 bits per heavy atom. The quantitative estimate of drug-likeness (QED) is 0.635. The van der Waals surface area contributed by atoms with E-state index < -0.39 is 0 Å². The van der Waals surface area contributed by atoms with E-state index in [0.717, 1.165) is 25.1 Å². The van der Waals surface area contributed by atoms with Gasteiger partial charge in [0, 0.05) is 12.1 Å². The summed E-state index contributed by atoms with van der Waals surface area (Å²) >= 11 is 0. The van der Waals surface area contributed by atoms with Crippen LogP contribution in [0.1, 0.15) is 30.4 Å². The van der Waals surface area contributed by atoms with Gasteiger partial charge in [0.15, 0.2) is 0 Å². The van der Waals surface area contributed by atoms with E-state index in [2.05, 4.69) is 18.3 Å². The van der Waals surface area contributed by atoms with E-state index in [4.69, 9.17) is 0 Å². The number of fused-ring (bicyclic) bond motifs is 1. The van der Waals surface area contributed by atoms with Crippen LogP contribution < -0.4 is 5.32 Å². The average Bonchev–Trinajstić information content (AvgIpc) is 2.30. The van der Waals surface area contributed by atoms with Gasteiger partial charge in [-0.3, -0.25) is 0 Å². The van der Waals surface area contributed by atoms with Crippen molar-refractivity contribution in [2.24, 2.45) is 0 Å². The summed E-state index contributed by atoms with van der Waals surface area (Å²) in [5.74, 6) is 0.982. The van der Waals surface area contributed by atoms with Crippen LogP contribution in [0, 0.1) is 0 Å². The molecule has 2 nitrogen and oxygen atoms in total. The molecule has 1 heterocycles. The van der Waals surface area contributed by atoms with Crippen LogP contribution in [0.25, 0.3) is 0 Å². The lowest BCUT2D eigenvalue weighted by Crippen LogP contribution is -2.12. The monoisotopic (exact) mass is 177 g/mol. The fourth-order valence-electron chi connectivity index (χ4n) is 1.93. The first-order valence-electron chi connectivity index (χ1n) is 4.80. The van der Waals surface area contributed by atoms with Crippen LogP contribution in [-0.2, 0) is 6.54 Å². The predicted octanol–water partition coefficient (Wildman–Crippen LogP) is 1.99. The molecular formula is C11H15NO. The number of hydrogen-bond donors (Lipinski definition) is 2. The van der Waals surface area contributed by atoms with Crippen LogP contribution in [0.4, 0.5) is 0 Å². The van der Waals surface area contributed by atoms with Crippen molar-refractivity contribution in [1.29, 1.82) is 0 Å². The lowest BCUT2D eigenvalue weighted by Gasteiger charge is -2.12. The number of phenols is 1. The molecule has 0 spiro atoms. The molecule has 1 aliphatic rings. The molecule has 0 aromatic heterocycles. The Hall–Kier alpha value is -1.02. The second kappa shape index (κ2) is 3.38. The molecule has 2 N–H and O–H groups in total. The molecule has 1 unspecified atom stereocenters. The minimum absolute atomic E-state index is 0.429. The third kappa shape index (κ3) is 1.54. The molecule has 1 aromatic carbocycles. The zero-order valence-corrected chi connectivity index (χ0v) is 7.88. The Morgan fingerprint density at radius 1 is 1.46 bits per heavy atom. The first-order valence-corrected chi connectivity index (χ1v) is 4.80. The van der Waals surface area contributed by atoms with E-state index >= 15 is 0 Å². The number of nitrogens with one attached hydrogen (secondary N) is 1. The van der Waals surface area contributed by atoms with Gasteiger partial charge >= 0.3 is 0 Å². The maximum Gasteiger partial charge on any atom is 0.120 e. The van der Waals surface area contributed by atoms with E-state index in [1.54, 1.807) is 6.07 Å². The molecule has 1 atom stereocenters. The molecule has 1 aromatic rings. The van der Waals surface area contributed by atoms with Crippen LogP contribution in [0.3, 0.4) is 0 Å². The molecule has 0 bridgehead atoms. The molecule has 0 aliphatic carbocycles. The molecule has 0 fully saturated rings. The summed E-state index contributed by atoms with van der Waals surface area (Å²) < 4.78 is 0. The lowest BCUT2D eigenvalue weighted by atomic mass is 9.94. The molecule has 0 saturated heterocycles. The number of hydrogen-bond acceptors (Lipinski definition) is 2. The van der Waals surface area contributed by atoms with Gasteiger partial charge in [0.05, 0.1) is 0 Å². The molecule has 0 amide bonds. The van der Waals surface area contributed by atoms with Crippen LogP contribution >= 0.6 is 0 Å². The van der Waals surface area contributed by atoms with Crippen molar-refractivity contribution in [3.8, 4) is 5.75 Å². The number of rotatable bonds is 0. The van der Waals surface area contributed by atoms with Crippen LogP contribution in [-0.4, -0.2) is 11.7 Å².